The average Bonchev–Trinajstić information content (AvgIpc) is 3.49. The lowest BCUT2D eigenvalue weighted by atomic mass is 9.91. The molecule has 174 valence electrons. The molecule has 2 aliphatic rings. The third-order valence-electron chi connectivity index (χ3n) is 6.04. The van der Waals surface area contributed by atoms with Gasteiger partial charge in [0.05, 0.1) is 16.9 Å². The van der Waals surface area contributed by atoms with Gasteiger partial charge in [0.1, 0.15) is 5.76 Å². The second-order valence-corrected chi connectivity index (χ2v) is 9.38. The SMILES string of the molecule is O=C1NC(=O)C(=Cc2ccnc(N[C@H]3CC[C@H](NCc4ccccc4-c4ccco4)CC3)n2)S1. The number of hydrogen-bond donors (Lipinski definition) is 3. The van der Waals surface area contributed by atoms with Crippen LogP contribution in [0.1, 0.15) is 36.9 Å². The Labute approximate surface area is 201 Å². The Kier molecular flexibility index (Phi) is 6.73. The van der Waals surface area contributed by atoms with Gasteiger partial charge in [-0.05, 0) is 67.3 Å². The average molecular weight is 476 g/mol. The van der Waals surface area contributed by atoms with Crippen molar-refractivity contribution >= 4 is 34.9 Å². The molecule has 3 aromatic rings. The maximum Gasteiger partial charge on any atom is 0.290 e. The second kappa shape index (κ2) is 10.2. The molecular weight excluding hydrogens is 450 g/mol. The molecule has 34 heavy (non-hydrogen) atoms. The van der Waals surface area contributed by atoms with Crippen LogP contribution in [-0.4, -0.2) is 33.2 Å². The first kappa shape index (κ1) is 22.4. The highest BCUT2D eigenvalue weighted by molar-refractivity contribution is 8.18. The zero-order valence-corrected chi connectivity index (χ0v) is 19.3. The number of thioether (sulfide) groups is 1. The van der Waals surface area contributed by atoms with Gasteiger partial charge in [-0.1, -0.05) is 24.3 Å². The van der Waals surface area contributed by atoms with Gasteiger partial charge in [0.2, 0.25) is 5.95 Å². The van der Waals surface area contributed by atoms with Crippen molar-refractivity contribution in [2.24, 2.45) is 0 Å². The highest BCUT2D eigenvalue weighted by Crippen LogP contribution is 2.27. The Morgan fingerprint density at radius 1 is 1.06 bits per heavy atom. The number of aromatic nitrogens is 2. The lowest BCUT2D eigenvalue weighted by Gasteiger charge is -2.30. The summed E-state index contributed by atoms with van der Waals surface area (Å²) in [6.07, 6.45) is 9.11. The summed E-state index contributed by atoms with van der Waals surface area (Å²) in [5, 5.41) is 9.01. The van der Waals surface area contributed by atoms with Gasteiger partial charge in [-0.15, -0.1) is 0 Å². The first-order valence-corrected chi connectivity index (χ1v) is 12.2. The molecule has 1 aliphatic carbocycles. The maximum atomic E-state index is 11.8. The topological polar surface area (TPSA) is 109 Å². The third-order valence-corrected chi connectivity index (χ3v) is 6.85. The van der Waals surface area contributed by atoms with E-state index in [1.54, 1.807) is 24.6 Å². The Morgan fingerprint density at radius 3 is 2.65 bits per heavy atom. The summed E-state index contributed by atoms with van der Waals surface area (Å²) < 4.78 is 5.59. The summed E-state index contributed by atoms with van der Waals surface area (Å²) in [5.41, 5.74) is 2.95. The Hall–Kier alpha value is -3.43. The van der Waals surface area contributed by atoms with Crippen molar-refractivity contribution in [3.8, 4) is 11.3 Å². The molecule has 0 unspecified atom stereocenters. The Bertz CT molecular complexity index is 1200. The normalized spacial score (nSPS) is 21.6. The molecule has 0 atom stereocenters. The Balaban J connectivity index is 1.13. The molecule has 3 N–H and O–H groups in total. The number of nitrogens with zero attached hydrogens (tertiary/aromatic N) is 2. The van der Waals surface area contributed by atoms with E-state index in [0.29, 0.717) is 28.6 Å². The monoisotopic (exact) mass is 475 g/mol. The summed E-state index contributed by atoms with van der Waals surface area (Å²) in [6, 6.07) is 14.7. The molecule has 9 heteroatoms. The maximum absolute atomic E-state index is 11.8. The summed E-state index contributed by atoms with van der Waals surface area (Å²) in [7, 11) is 0. The lowest BCUT2D eigenvalue weighted by molar-refractivity contribution is -0.115. The van der Waals surface area contributed by atoms with Gasteiger partial charge in [0.15, 0.2) is 0 Å². The number of benzene rings is 1. The molecule has 1 aliphatic heterocycles. The molecule has 8 nitrogen and oxygen atoms in total. The number of carbonyl (C=O) groups is 2. The van der Waals surface area contributed by atoms with E-state index in [1.165, 1.54) is 5.56 Å². The number of imide groups is 1. The van der Waals surface area contributed by atoms with Crippen LogP contribution in [0.2, 0.25) is 0 Å². The molecular formula is C25H25N5O3S. The van der Waals surface area contributed by atoms with Crippen LogP contribution in [-0.2, 0) is 11.3 Å². The fourth-order valence-electron chi connectivity index (χ4n) is 4.30. The highest BCUT2D eigenvalue weighted by atomic mass is 32.2. The van der Waals surface area contributed by atoms with E-state index < -0.39 is 0 Å². The smallest absolute Gasteiger partial charge is 0.290 e. The molecule has 2 aromatic heterocycles. The van der Waals surface area contributed by atoms with Crippen molar-refractivity contribution in [3.05, 3.63) is 71.1 Å². The van der Waals surface area contributed by atoms with Crippen molar-refractivity contribution in [2.45, 2.75) is 44.3 Å². The van der Waals surface area contributed by atoms with Crippen LogP contribution >= 0.6 is 11.8 Å². The van der Waals surface area contributed by atoms with Gasteiger partial charge < -0.3 is 15.1 Å². The highest BCUT2D eigenvalue weighted by Gasteiger charge is 2.25. The van der Waals surface area contributed by atoms with Gasteiger partial charge in [-0.25, -0.2) is 9.97 Å². The minimum Gasteiger partial charge on any atom is -0.464 e. The van der Waals surface area contributed by atoms with Crippen molar-refractivity contribution in [1.82, 2.24) is 20.6 Å². The van der Waals surface area contributed by atoms with Crippen LogP contribution in [0.5, 0.6) is 0 Å². The summed E-state index contributed by atoms with van der Waals surface area (Å²) >= 11 is 0.882. The molecule has 0 spiro atoms. The zero-order chi connectivity index (χ0) is 23.3. The number of amides is 2. The van der Waals surface area contributed by atoms with Gasteiger partial charge in [-0.2, -0.15) is 0 Å². The van der Waals surface area contributed by atoms with Crippen molar-refractivity contribution in [1.29, 1.82) is 0 Å². The van der Waals surface area contributed by atoms with Crippen molar-refractivity contribution in [2.75, 3.05) is 5.32 Å². The van der Waals surface area contributed by atoms with Gasteiger partial charge in [0.25, 0.3) is 11.1 Å². The van der Waals surface area contributed by atoms with Crippen LogP contribution < -0.4 is 16.0 Å². The number of anilines is 1. The molecule has 2 fully saturated rings. The summed E-state index contributed by atoms with van der Waals surface area (Å²) in [6.45, 7) is 0.799. The molecule has 0 radical (unpaired) electrons. The first-order valence-electron chi connectivity index (χ1n) is 11.3. The predicted molar refractivity (Wildman–Crippen MR) is 132 cm³/mol. The minimum absolute atomic E-state index is 0.294. The van der Waals surface area contributed by atoms with Crippen LogP contribution in [0.25, 0.3) is 17.4 Å². The van der Waals surface area contributed by atoms with E-state index in [-0.39, 0.29) is 11.1 Å². The van der Waals surface area contributed by atoms with E-state index in [4.69, 9.17) is 4.42 Å². The lowest BCUT2D eigenvalue weighted by Crippen LogP contribution is -2.37. The fourth-order valence-corrected chi connectivity index (χ4v) is 4.97. The Morgan fingerprint density at radius 2 is 1.88 bits per heavy atom. The van der Waals surface area contributed by atoms with E-state index >= 15 is 0 Å². The third kappa shape index (κ3) is 5.37. The van der Waals surface area contributed by atoms with Gasteiger partial charge in [-0.3, -0.25) is 14.9 Å². The molecule has 2 amide bonds. The van der Waals surface area contributed by atoms with Crippen LogP contribution in [0.15, 0.2) is 64.2 Å². The molecule has 5 rings (SSSR count). The standard InChI is InChI=1S/C25H25N5O3S/c31-23-22(34-25(32)30-23)14-19-11-12-26-24(29-19)28-18-9-7-17(8-10-18)27-15-16-4-1-2-5-20(16)21-6-3-13-33-21/h1-6,11-14,17-18,27H,7-10,15H2,(H,26,28,29)(H,30,31,32)/t17-,18-. The number of hydrogen-bond acceptors (Lipinski definition) is 8. The van der Waals surface area contributed by atoms with Gasteiger partial charge in [0, 0.05) is 30.4 Å². The molecule has 0 bridgehead atoms. The van der Waals surface area contributed by atoms with E-state index in [9.17, 15) is 9.59 Å². The van der Waals surface area contributed by atoms with E-state index in [0.717, 1.165) is 55.3 Å². The summed E-state index contributed by atoms with van der Waals surface area (Å²) in [4.78, 5) is 32.3. The predicted octanol–water partition coefficient (Wildman–Crippen LogP) is 4.57. The largest absolute Gasteiger partial charge is 0.464 e. The number of rotatable bonds is 7. The fraction of sp³-hybridized carbons (Fsp3) is 0.280. The van der Waals surface area contributed by atoms with Crippen molar-refractivity contribution < 1.29 is 14.0 Å². The first-order chi connectivity index (χ1) is 16.6. The number of nitrogens with one attached hydrogen (secondary N) is 3. The van der Waals surface area contributed by atoms with Gasteiger partial charge >= 0.3 is 0 Å². The van der Waals surface area contributed by atoms with E-state index in [1.807, 2.05) is 18.2 Å². The summed E-state index contributed by atoms with van der Waals surface area (Å²) in [5.74, 6) is 1.04. The number of carbonyl (C=O) groups excluding carboxylic acids is 2. The molecule has 1 saturated carbocycles. The molecule has 1 aromatic carbocycles. The molecule has 3 heterocycles. The zero-order valence-electron chi connectivity index (χ0n) is 18.5. The van der Waals surface area contributed by atoms with Crippen LogP contribution in [0.4, 0.5) is 10.7 Å². The van der Waals surface area contributed by atoms with E-state index in [2.05, 4.69) is 44.1 Å². The van der Waals surface area contributed by atoms with Crippen LogP contribution in [0, 0.1) is 0 Å². The van der Waals surface area contributed by atoms with Crippen molar-refractivity contribution in [3.63, 3.8) is 0 Å². The molecule has 1 saturated heterocycles. The second-order valence-electron chi connectivity index (χ2n) is 8.37. The number of furan rings is 1. The van der Waals surface area contributed by atoms with Crippen LogP contribution in [0.3, 0.4) is 0 Å². The minimum atomic E-state index is -0.388. The quantitative estimate of drug-likeness (QED) is 0.426.